The molecule has 2 heterocycles. The van der Waals surface area contributed by atoms with Gasteiger partial charge in [0.2, 0.25) is 11.8 Å². The number of methoxy groups -OCH3 is 1. The van der Waals surface area contributed by atoms with Gasteiger partial charge in [-0.05, 0) is 44.4 Å². The van der Waals surface area contributed by atoms with E-state index in [0.29, 0.717) is 6.54 Å². The molecule has 3 fully saturated rings. The van der Waals surface area contributed by atoms with E-state index in [4.69, 9.17) is 4.74 Å². The molecule has 0 bridgehead atoms. The number of carbonyl (C=O) groups is 2. The highest BCUT2D eigenvalue weighted by Crippen LogP contribution is 2.38. The number of carbonyl (C=O) groups excluding carboxylic acids is 2. The normalized spacial score (nSPS) is 24.6. The molecular formula is C23H34ClN3O3. The quantitative estimate of drug-likeness (QED) is 0.486. The first kappa shape index (κ1) is 22.9. The molecule has 0 radical (unpaired) electrons. The molecule has 4 rings (SSSR count). The van der Waals surface area contributed by atoms with Crippen molar-refractivity contribution in [2.75, 3.05) is 51.3 Å². The Bertz CT molecular complexity index is 712. The number of para-hydroxylation sites is 2. The molecule has 3 aliphatic rings. The lowest BCUT2D eigenvalue weighted by Gasteiger charge is -2.36. The fourth-order valence-electron chi connectivity index (χ4n) is 5.16. The van der Waals surface area contributed by atoms with Gasteiger partial charge in [0.25, 0.3) is 0 Å². The number of piperazine rings is 1. The molecule has 0 N–H and O–H groups in total. The van der Waals surface area contributed by atoms with Gasteiger partial charge < -0.3 is 9.64 Å². The fraction of sp³-hybridized carbons (Fsp3) is 0.652. The fourth-order valence-corrected chi connectivity index (χ4v) is 5.16. The van der Waals surface area contributed by atoms with E-state index < -0.39 is 0 Å². The van der Waals surface area contributed by atoms with Gasteiger partial charge in [0, 0.05) is 32.7 Å². The number of hydrogen-bond acceptors (Lipinski definition) is 5. The summed E-state index contributed by atoms with van der Waals surface area (Å²) in [6.07, 6.45) is 5.93. The number of fused-ring (bicyclic) bond motifs is 1. The SMILES string of the molecule is COc1ccccc1N1CCN(CCCCN2C(=O)C3CCCCC3C2=O)CC1.Cl. The molecule has 7 heteroatoms. The number of unbranched alkanes of at least 4 members (excludes halogenated alkanes) is 1. The van der Waals surface area contributed by atoms with Gasteiger partial charge in [-0.2, -0.15) is 0 Å². The molecule has 6 nitrogen and oxygen atoms in total. The number of hydrogen-bond donors (Lipinski definition) is 0. The summed E-state index contributed by atoms with van der Waals surface area (Å²) in [6, 6.07) is 8.19. The van der Waals surface area contributed by atoms with Crippen LogP contribution >= 0.6 is 12.4 Å². The summed E-state index contributed by atoms with van der Waals surface area (Å²) >= 11 is 0. The van der Waals surface area contributed by atoms with E-state index >= 15 is 0 Å². The van der Waals surface area contributed by atoms with Crippen molar-refractivity contribution >= 4 is 29.9 Å². The molecule has 2 saturated heterocycles. The molecule has 2 unspecified atom stereocenters. The maximum absolute atomic E-state index is 12.5. The lowest BCUT2D eigenvalue weighted by atomic mass is 9.81. The molecule has 2 aliphatic heterocycles. The lowest BCUT2D eigenvalue weighted by Crippen LogP contribution is -2.46. The van der Waals surface area contributed by atoms with Crippen molar-refractivity contribution in [3.05, 3.63) is 24.3 Å². The van der Waals surface area contributed by atoms with Crippen LogP contribution < -0.4 is 9.64 Å². The van der Waals surface area contributed by atoms with Crippen LogP contribution in [0.5, 0.6) is 5.75 Å². The molecule has 1 aliphatic carbocycles. The number of likely N-dealkylation sites (tertiary alicyclic amines) is 1. The number of ether oxygens (including phenoxy) is 1. The lowest BCUT2D eigenvalue weighted by molar-refractivity contribution is -0.140. The molecule has 1 saturated carbocycles. The summed E-state index contributed by atoms with van der Waals surface area (Å²) in [4.78, 5) is 31.5. The highest BCUT2D eigenvalue weighted by Gasteiger charge is 2.47. The Labute approximate surface area is 185 Å². The second-order valence-corrected chi connectivity index (χ2v) is 8.53. The van der Waals surface area contributed by atoms with Crippen molar-refractivity contribution < 1.29 is 14.3 Å². The predicted molar refractivity (Wildman–Crippen MR) is 120 cm³/mol. The summed E-state index contributed by atoms with van der Waals surface area (Å²) in [7, 11) is 1.72. The number of benzene rings is 1. The topological polar surface area (TPSA) is 53.1 Å². The van der Waals surface area contributed by atoms with Crippen LogP contribution in [0.15, 0.2) is 24.3 Å². The zero-order valence-corrected chi connectivity index (χ0v) is 18.7. The summed E-state index contributed by atoms with van der Waals surface area (Å²) < 4.78 is 5.49. The van der Waals surface area contributed by atoms with E-state index in [-0.39, 0.29) is 36.1 Å². The summed E-state index contributed by atoms with van der Waals surface area (Å²) in [6.45, 7) is 5.68. The number of nitrogens with zero attached hydrogens (tertiary/aromatic N) is 3. The van der Waals surface area contributed by atoms with Crippen LogP contribution in [-0.4, -0.2) is 68.0 Å². The third kappa shape index (κ3) is 4.75. The van der Waals surface area contributed by atoms with Crippen LogP contribution in [-0.2, 0) is 9.59 Å². The van der Waals surface area contributed by atoms with Crippen molar-refractivity contribution in [3.8, 4) is 5.75 Å². The van der Waals surface area contributed by atoms with E-state index in [2.05, 4.69) is 21.9 Å². The smallest absolute Gasteiger partial charge is 0.233 e. The Morgan fingerprint density at radius 2 is 1.50 bits per heavy atom. The van der Waals surface area contributed by atoms with Crippen molar-refractivity contribution in [2.24, 2.45) is 11.8 Å². The zero-order chi connectivity index (χ0) is 20.2. The van der Waals surface area contributed by atoms with Crippen LogP contribution in [0.1, 0.15) is 38.5 Å². The number of imide groups is 1. The largest absolute Gasteiger partial charge is 0.495 e. The zero-order valence-electron chi connectivity index (χ0n) is 17.9. The van der Waals surface area contributed by atoms with E-state index in [1.807, 2.05) is 12.1 Å². The van der Waals surface area contributed by atoms with Crippen LogP contribution in [0, 0.1) is 11.8 Å². The predicted octanol–water partition coefficient (Wildman–Crippen LogP) is 3.19. The monoisotopic (exact) mass is 435 g/mol. The number of amides is 2. The maximum atomic E-state index is 12.5. The Kier molecular flexibility index (Phi) is 8.00. The van der Waals surface area contributed by atoms with Crippen LogP contribution in [0.2, 0.25) is 0 Å². The molecule has 0 spiro atoms. The highest BCUT2D eigenvalue weighted by atomic mass is 35.5. The second kappa shape index (κ2) is 10.5. The molecule has 2 atom stereocenters. The first-order valence-electron chi connectivity index (χ1n) is 11.1. The van der Waals surface area contributed by atoms with Gasteiger partial charge in [0.15, 0.2) is 0 Å². The van der Waals surface area contributed by atoms with Gasteiger partial charge in [-0.25, -0.2) is 0 Å². The third-order valence-corrected chi connectivity index (χ3v) is 6.84. The molecule has 2 amide bonds. The van der Waals surface area contributed by atoms with E-state index in [9.17, 15) is 9.59 Å². The maximum Gasteiger partial charge on any atom is 0.233 e. The van der Waals surface area contributed by atoms with E-state index in [0.717, 1.165) is 77.0 Å². The number of anilines is 1. The van der Waals surface area contributed by atoms with Gasteiger partial charge in [-0.15, -0.1) is 12.4 Å². The number of rotatable bonds is 7. The van der Waals surface area contributed by atoms with Crippen molar-refractivity contribution in [1.82, 2.24) is 9.80 Å². The molecular weight excluding hydrogens is 402 g/mol. The Balaban J connectivity index is 0.00000256. The summed E-state index contributed by atoms with van der Waals surface area (Å²) in [5, 5.41) is 0. The minimum Gasteiger partial charge on any atom is -0.495 e. The van der Waals surface area contributed by atoms with Crippen molar-refractivity contribution in [1.29, 1.82) is 0 Å². The van der Waals surface area contributed by atoms with E-state index in [1.165, 1.54) is 5.69 Å². The van der Waals surface area contributed by atoms with E-state index in [1.54, 1.807) is 12.0 Å². The van der Waals surface area contributed by atoms with Gasteiger partial charge in [0.05, 0.1) is 24.6 Å². The van der Waals surface area contributed by atoms with Gasteiger partial charge in [-0.1, -0.05) is 25.0 Å². The van der Waals surface area contributed by atoms with Crippen LogP contribution in [0.25, 0.3) is 0 Å². The molecule has 166 valence electrons. The Morgan fingerprint density at radius 3 is 2.13 bits per heavy atom. The van der Waals surface area contributed by atoms with Crippen molar-refractivity contribution in [2.45, 2.75) is 38.5 Å². The molecule has 1 aromatic carbocycles. The summed E-state index contributed by atoms with van der Waals surface area (Å²) in [5.74, 6) is 1.11. The minimum absolute atomic E-state index is 0. The molecule has 0 aromatic heterocycles. The number of halogens is 1. The molecule has 30 heavy (non-hydrogen) atoms. The standard InChI is InChI=1S/C23H33N3O3.ClH/c1-29-21-11-5-4-10-20(21)25-16-14-24(15-17-25)12-6-7-13-26-22(27)18-8-2-3-9-19(18)23(26)28;/h4-5,10-11,18-19H,2-3,6-9,12-17H2,1H3;1H. The van der Waals surface area contributed by atoms with Crippen molar-refractivity contribution in [3.63, 3.8) is 0 Å². The summed E-state index contributed by atoms with van der Waals surface area (Å²) in [5.41, 5.74) is 1.17. The first-order valence-corrected chi connectivity index (χ1v) is 11.1. The van der Waals surface area contributed by atoms with Gasteiger partial charge >= 0.3 is 0 Å². The highest BCUT2D eigenvalue weighted by molar-refractivity contribution is 6.05. The average molecular weight is 436 g/mol. The average Bonchev–Trinajstić information content (AvgIpc) is 3.02. The van der Waals surface area contributed by atoms with Crippen LogP contribution in [0.4, 0.5) is 5.69 Å². The Hall–Kier alpha value is -1.79. The van der Waals surface area contributed by atoms with Gasteiger partial charge in [-0.3, -0.25) is 19.4 Å². The third-order valence-electron chi connectivity index (χ3n) is 6.84. The second-order valence-electron chi connectivity index (χ2n) is 8.53. The minimum atomic E-state index is -0.0145. The first-order chi connectivity index (χ1) is 14.2. The van der Waals surface area contributed by atoms with Crippen LogP contribution in [0.3, 0.4) is 0 Å². The molecule has 1 aromatic rings. The van der Waals surface area contributed by atoms with Gasteiger partial charge in [0.1, 0.15) is 5.75 Å². The Morgan fingerprint density at radius 1 is 0.900 bits per heavy atom.